The summed E-state index contributed by atoms with van der Waals surface area (Å²) in [6.07, 6.45) is 5.26. The standard InChI is InChI=1S/C20H23Cl2N5O/c1-14(2)3-8-17-19(22)20(25-13-24-17)23-10-12-28-18-9-11-27(26-18)16-6-4-15(21)5-7-16/h4-7,9,11,13-14H,3,8,10,12H2,1-2H3,(H,23,24,25). The van der Waals surface area contributed by atoms with Crippen LogP contribution in [0.2, 0.25) is 10.0 Å². The Balaban J connectivity index is 1.50. The molecule has 28 heavy (non-hydrogen) atoms. The fourth-order valence-corrected chi connectivity index (χ4v) is 2.96. The molecule has 0 bridgehead atoms. The van der Waals surface area contributed by atoms with Gasteiger partial charge in [-0.25, -0.2) is 14.6 Å². The van der Waals surface area contributed by atoms with E-state index in [4.69, 9.17) is 27.9 Å². The first-order chi connectivity index (χ1) is 13.5. The van der Waals surface area contributed by atoms with Crippen molar-refractivity contribution in [3.63, 3.8) is 0 Å². The van der Waals surface area contributed by atoms with Crippen LogP contribution in [0.4, 0.5) is 5.82 Å². The Bertz CT molecular complexity index is 896. The molecule has 0 aliphatic rings. The van der Waals surface area contributed by atoms with Gasteiger partial charge in [0, 0.05) is 17.3 Å². The number of nitrogens with one attached hydrogen (secondary N) is 1. The quantitative estimate of drug-likeness (QED) is 0.491. The highest BCUT2D eigenvalue weighted by atomic mass is 35.5. The number of hydrogen-bond donors (Lipinski definition) is 1. The predicted octanol–water partition coefficient (Wildman–Crippen LogP) is 5.05. The average Bonchev–Trinajstić information content (AvgIpc) is 3.15. The molecule has 6 nitrogen and oxygen atoms in total. The second kappa shape index (κ2) is 9.75. The highest BCUT2D eigenvalue weighted by molar-refractivity contribution is 6.33. The van der Waals surface area contributed by atoms with Crippen LogP contribution in [-0.2, 0) is 6.42 Å². The zero-order valence-corrected chi connectivity index (χ0v) is 17.4. The zero-order chi connectivity index (χ0) is 19.9. The minimum atomic E-state index is 0.430. The molecule has 0 amide bonds. The van der Waals surface area contributed by atoms with Crippen molar-refractivity contribution in [3.05, 3.63) is 58.6 Å². The van der Waals surface area contributed by atoms with Gasteiger partial charge in [-0.1, -0.05) is 37.0 Å². The first-order valence-electron chi connectivity index (χ1n) is 9.20. The number of nitrogens with zero attached hydrogens (tertiary/aromatic N) is 4. The number of ether oxygens (including phenoxy) is 1. The summed E-state index contributed by atoms with van der Waals surface area (Å²) < 4.78 is 7.43. The second-order valence-corrected chi connectivity index (χ2v) is 7.58. The highest BCUT2D eigenvalue weighted by Crippen LogP contribution is 2.23. The molecule has 0 unspecified atom stereocenters. The number of halogens is 2. The molecule has 0 radical (unpaired) electrons. The Morgan fingerprint density at radius 1 is 1.11 bits per heavy atom. The second-order valence-electron chi connectivity index (χ2n) is 6.77. The van der Waals surface area contributed by atoms with E-state index in [0.29, 0.717) is 40.8 Å². The minimum Gasteiger partial charge on any atom is -0.475 e. The lowest BCUT2D eigenvalue weighted by atomic mass is 10.1. The van der Waals surface area contributed by atoms with E-state index in [-0.39, 0.29) is 0 Å². The van der Waals surface area contributed by atoms with Crippen molar-refractivity contribution in [1.82, 2.24) is 19.7 Å². The average molecular weight is 420 g/mol. The molecule has 0 atom stereocenters. The summed E-state index contributed by atoms with van der Waals surface area (Å²) >= 11 is 12.3. The van der Waals surface area contributed by atoms with Crippen LogP contribution in [0.3, 0.4) is 0 Å². The van der Waals surface area contributed by atoms with Gasteiger partial charge in [-0.15, -0.1) is 5.10 Å². The zero-order valence-electron chi connectivity index (χ0n) is 15.9. The van der Waals surface area contributed by atoms with Crippen molar-refractivity contribution in [1.29, 1.82) is 0 Å². The van der Waals surface area contributed by atoms with Gasteiger partial charge in [-0.3, -0.25) is 0 Å². The Hall–Kier alpha value is -2.31. The van der Waals surface area contributed by atoms with E-state index in [9.17, 15) is 0 Å². The molecular weight excluding hydrogens is 397 g/mol. The van der Waals surface area contributed by atoms with Gasteiger partial charge in [-0.2, -0.15) is 0 Å². The van der Waals surface area contributed by atoms with E-state index in [0.717, 1.165) is 24.2 Å². The first-order valence-corrected chi connectivity index (χ1v) is 9.96. The van der Waals surface area contributed by atoms with Crippen LogP contribution in [0.25, 0.3) is 5.69 Å². The van der Waals surface area contributed by atoms with E-state index in [2.05, 4.69) is 34.2 Å². The van der Waals surface area contributed by atoms with Gasteiger partial charge in [-0.05, 0) is 43.0 Å². The van der Waals surface area contributed by atoms with Gasteiger partial charge >= 0.3 is 0 Å². The van der Waals surface area contributed by atoms with Crippen LogP contribution in [0.5, 0.6) is 5.88 Å². The molecule has 0 aliphatic carbocycles. The third kappa shape index (κ3) is 5.59. The Labute approximate surface area is 174 Å². The summed E-state index contributed by atoms with van der Waals surface area (Å²) in [6.45, 7) is 5.34. The fourth-order valence-electron chi connectivity index (χ4n) is 2.58. The fraction of sp³-hybridized carbons (Fsp3) is 0.350. The van der Waals surface area contributed by atoms with Gasteiger partial charge in [0.05, 0.1) is 17.9 Å². The molecule has 0 saturated carbocycles. The van der Waals surface area contributed by atoms with E-state index < -0.39 is 0 Å². The van der Waals surface area contributed by atoms with Gasteiger partial charge in [0.2, 0.25) is 5.88 Å². The van der Waals surface area contributed by atoms with Crippen LogP contribution in [-0.4, -0.2) is 32.9 Å². The maximum absolute atomic E-state index is 6.42. The summed E-state index contributed by atoms with van der Waals surface area (Å²) in [7, 11) is 0. The van der Waals surface area contributed by atoms with E-state index in [1.807, 2.05) is 36.5 Å². The molecule has 0 saturated heterocycles. The third-order valence-corrected chi connectivity index (χ3v) is 4.77. The lowest BCUT2D eigenvalue weighted by molar-refractivity contribution is 0.317. The van der Waals surface area contributed by atoms with Crippen LogP contribution in [0, 0.1) is 5.92 Å². The van der Waals surface area contributed by atoms with Crippen LogP contribution in [0.15, 0.2) is 42.9 Å². The third-order valence-electron chi connectivity index (χ3n) is 4.12. The van der Waals surface area contributed by atoms with Crippen molar-refractivity contribution in [2.75, 3.05) is 18.5 Å². The molecule has 3 rings (SSSR count). The van der Waals surface area contributed by atoms with Crippen LogP contribution < -0.4 is 10.1 Å². The maximum Gasteiger partial charge on any atom is 0.233 e. The Morgan fingerprint density at radius 2 is 1.89 bits per heavy atom. The predicted molar refractivity (Wildman–Crippen MR) is 113 cm³/mol. The summed E-state index contributed by atoms with van der Waals surface area (Å²) in [5.74, 6) is 1.78. The number of hydrogen-bond acceptors (Lipinski definition) is 5. The summed E-state index contributed by atoms with van der Waals surface area (Å²) in [6, 6.07) is 9.26. The summed E-state index contributed by atoms with van der Waals surface area (Å²) in [4.78, 5) is 8.51. The van der Waals surface area contributed by atoms with Crippen molar-refractivity contribution >= 4 is 29.0 Å². The number of aromatic nitrogens is 4. The first kappa shape index (κ1) is 20.4. The normalized spacial score (nSPS) is 11.0. The van der Waals surface area contributed by atoms with Crippen molar-refractivity contribution in [2.24, 2.45) is 5.92 Å². The molecule has 3 aromatic rings. The molecule has 0 fully saturated rings. The lowest BCUT2D eigenvalue weighted by Crippen LogP contribution is -2.14. The lowest BCUT2D eigenvalue weighted by Gasteiger charge is -2.11. The Kier molecular flexibility index (Phi) is 7.12. The monoisotopic (exact) mass is 419 g/mol. The van der Waals surface area contributed by atoms with Gasteiger partial charge < -0.3 is 10.1 Å². The molecule has 0 spiro atoms. The number of anilines is 1. The van der Waals surface area contributed by atoms with Crippen molar-refractivity contribution < 1.29 is 4.74 Å². The maximum atomic E-state index is 6.42. The van der Waals surface area contributed by atoms with Crippen LogP contribution in [0.1, 0.15) is 26.0 Å². The van der Waals surface area contributed by atoms with E-state index >= 15 is 0 Å². The largest absolute Gasteiger partial charge is 0.475 e. The minimum absolute atomic E-state index is 0.430. The molecular formula is C20H23Cl2N5O. The number of rotatable bonds is 9. The summed E-state index contributed by atoms with van der Waals surface area (Å²) in [5, 5.41) is 8.87. The number of benzene rings is 1. The molecule has 1 aromatic carbocycles. The smallest absolute Gasteiger partial charge is 0.233 e. The molecule has 148 valence electrons. The highest BCUT2D eigenvalue weighted by Gasteiger charge is 2.10. The van der Waals surface area contributed by atoms with Gasteiger partial charge in [0.25, 0.3) is 0 Å². The SMILES string of the molecule is CC(C)CCc1ncnc(NCCOc2ccn(-c3ccc(Cl)cc3)n2)c1Cl. The van der Waals surface area contributed by atoms with E-state index in [1.54, 1.807) is 11.0 Å². The van der Waals surface area contributed by atoms with Crippen molar-refractivity contribution in [3.8, 4) is 11.6 Å². The topological polar surface area (TPSA) is 64.9 Å². The van der Waals surface area contributed by atoms with E-state index in [1.165, 1.54) is 0 Å². The van der Waals surface area contributed by atoms with Crippen LogP contribution >= 0.6 is 23.2 Å². The molecule has 2 heterocycles. The van der Waals surface area contributed by atoms with Gasteiger partial charge in [0.15, 0.2) is 0 Å². The molecule has 0 aliphatic heterocycles. The van der Waals surface area contributed by atoms with Crippen molar-refractivity contribution in [2.45, 2.75) is 26.7 Å². The molecule has 8 heteroatoms. The van der Waals surface area contributed by atoms with Gasteiger partial charge in [0.1, 0.15) is 23.8 Å². The summed E-state index contributed by atoms with van der Waals surface area (Å²) in [5.41, 5.74) is 1.79. The Morgan fingerprint density at radius 3 is 2.64 bits per heavy atom. The molecule has 2 aromatic heterocycles. The number of aryl methyl sites for hydroxylation is 1. The molecule has 1 N–H and O–H groups in total.